The minimum Gasteiger partial charge on any atom is -0.480 e. The number of rotatable bonds is 3. The number of aliphatic carboxylic acids is 1. The van der Waals surface area contributed by atoms with Crippen molar-refractivity contribution < 1.29 is 14.3 Å². The third-order valence-electron chi connectivity index (χ3n) is 2.85. The van der Waals surface area contributed by atoms with E-state index in [4.69, 9.17) is 15.3 Å². The number of nitrogens with two attached hydrogens (primary N) is 1. The van der Waals surface area contributed by atoms with Gasteiger partial charge in [0.25, 0.3) is 0 Å². The van der Waals surface area contributed by atoms with Crippen LogP contribution in [-0.2, 0) is 4.79 Å². The summed E-state index contributed by atoms with van der Waals surface area (Å²) < 4.78 is 5.47. The highest BCUT2D eigenvalue weighted by Crippen LogP contribution is 2.24. The van der Waals surface area contributed by atoms with Gasteiger partial charge in [-0.3, -0.25) is 4.79 Å². The molecule has 1 aliphatic heterocycles. The number of furan rings is 1. The molecule has 3 N–H and O–H groups in total. The van der Waals surface area contributed by atoms with Crippen molar-refractivity contribution in [3.8, 4) is 0 Å². The number of piperidine rings is 1. The van der Waals surface area contributed by atoms with Crippen LogP contribution in [0, 0.1) is 0 Å². The van der Waals surface area contributed by atoms with Gasteiger partial charge in [-0.05, 0) is 25.3 Å². The second-order valence-corrected chi connectivity index (χ2v) is 4.04. The summed E-state index contributed by atoms with van der Waals surface area (Å²) in [5, 5.41) is 8.76. The van der Waals surface area contributed by atoms with E-state index in [-0.39, 0.29) is 0 Å². The zero-order chi connectivity index (χ0) is 11.5. The standard InChI is InChI=1S/C11H16N2O3/c12-10(11(14)15)8-4-5-9(16-8)13-6-2-1-3-7-13/h4-5,10H,1-3,6-7,12H2,(H,14,15)/t10-/m1/s1. The fourth-order valence-electron chi connectivity index (χ4n) is 1.92. The maximum Gasteiger partial charge on any atom is 0.328 e. The van der Waals surface area contributed by atoms with Crippen molar-refractivity contribution in [2.75, 3.05) is 18.0 Å². The van der Waals surface area contributed by atoms with Gasteiger partial charge in [0.05, 0.1) is 0 Å². The van der Waals surface area contributed by atoms with Crippen molar-refractivity contribution in [3.63, 3.8) is 0 Å². The van der Waals surface area contributed by atoms with Gasteiger partial charge < -0.3 is 20.2 Å². The predicted molar refractivity (Wildman–Crippen MR) is 59.3 cm³/mol. The van der Waals surface area contributed by atoms with Crippen molar-refractivity contribution in [2.24, 2.45) is 5.73 Å². The molecule has 88 valence electrons. The number of nitrogens with zero attached hydrogens (tertiary/aromatic N) is 1. The summed E-state index contributed by atoms with van der Waals surface area (Å²) in [7, 11) is 0. The fraction of sp³-hybridized carbons (Fsp3) is 0.545. The maximum atomic E-state index is 10.7. The van der Waals surface area contributed by atoms with E-state index >= 15 is 0 Å². The second-order valence-electron chi connectivity index (χ2n) is 4.04. The lowest BCUT2D eigenvalue weighted by Gasteiger charge is -2.26. The summed E-state index contributed by atoms with van der Waals surface area (Å²) in [6.45, 7) is 1.94. The molecule has 0 bridgehead atoms. The third kappa shape index (κ3) is 2.19. The van der Waals surface area contributed by atoms with Crippen LogP contribution in [0.5, 0.6) is 0 Å². The van der Waals surface area contributed by atoms with E-state index in [0.717, 1.165) is 31.8 Å². The Labute approximate surface area is 93.8 Å². The molecule has 16 heavy (non-hydrogen) atoms. The average Bonchev–Trinajstić information content (AvgIpc) is 2.78. The molecular weight excluding hydrogens is 208 g/mol. The van der Waals surface area contributed by atoms with E-state index in [1.54, 1.807) is 12.1 Å². The quantitative estimate of drug-likeness (QED) is 0.810. The first-order valence-electron chi connectivity index (χ1n) is 5.51. The molecule has 1 aromatic heterocycles. The molecule has 0 aromatic carbocycles. The zero-order valence-corrected chi connectivity index (χ0v) is 9.06. The van der Waals surface area contributed by atoms with Crippen molar-refractivity contribution in [3.05, 3.63) is 17.9 Å². The molecule has 0 spiro atoms. The Balaban J connectivity index is 2.09. The van der Waals surface area contributed by atoms with Crippen LogP contribution in [0.3, 0.4) is 0 Å². The van der Waals surface area contributed by atoms with Gasteiger partial charge in [0.15, 0.2) is 11.9 Å². The van der Waals surface area contributed by atoms with Crippen LogP contribution in [-0.4, -0.2) is 24.2 Å². The summed E-state index contributed by atoms with van der Waals surface area (Å²) in [6, 6.07) is 2.37. The zero-order valence-electron chi connectivity index (χ0n) is 9.06. The van der Waals surface area contributed by atoms with E-state index in [2.05, 4.69) is 4.90 Å². The number of hydrogen-bond acceptors (Lipinski definition) is 4. The fourth-order valence-corrected chi connectivity index (χ4v) is 1.92. The Kier molecular flexibility index (Phi) is 3.14. The van der Waals surface area contributed by atoms with E-state index < -0.39 is 12.0 Å². The van der Waals surface area contributed by atoms with E-state index in [1.165, 1.54) is 6.42 Å². The van der Waals surface area contributed by atoms with Crippen LogP contribution in [0.25, 0.3) is 0 Å². The lowest BCUT2D eigenvalue weighted by atomic mass is 10.1. The first-order valence-corrected chi connectivity index (χ1v) is 5.51. The van der Waals surface area contributed by atoms with Gasteiger partial charge in [-0.15, -0.1) is 0 Å². The van der Waals surface area contributed by atoms with Gasteiger partial charge in [0, 0.05) is 19.2 Å². The van der Waals surface area contributed by atoms with E-state index in [0.29, 0.717) is 5.76 Å². The number of carboxylic acid groups (broad SMARTS) is 1. The van der Waals surface area contributed by atoms with Gasteiger partial charge in [0.2, 0.25) is 0 Å². The smallest absolute Gasteiger partial charge is 0.328 e. The molecule has 5 heteroatoms. The number of anilines is 1. The van der Waals surface area contributed by atoms with Gasteiger partial charge in [0.1, 0.15) is 5.76 Å². The molecule has 1 aromatic rings. The molecule has 0 radical (unpaired) electrons. The topological polar surface area (TPSA) is 79.7 Å². The first-order chi connectivity index (χ1) is 7.68. The van der Waals surface area contributed by atoms with Crippen LogP contribution < -0.4 is 10.6 Å². The van der Waals surface area contributed by atoms with E-state index in [1.807, 2.05) is 0 Å². The van der Waals surface area contributed by atoms with Crippen molar-refractivity contribution in [2.45, 2.75) is 25.3 Å². The van der Waals surface area contributed by atoms with Crippen molar-refractivity contribution in [1.82, 2.24) is 0 Å². The highest BCUT2D eigenvalue weighted by molar-refractivity contribution is 5.74. The van der Waals surface area contributed by atoms with Gasteiger partial charge >= 0.3 is 5.97 Å². The number of carboxylic acids is 1. The molecule has 2 rings (SSSR count). The van der Waals surface area contributed by atoms with E-state index in [9.17, 15) is 4.79 Å². The molecule has 0 amide bonds. The monoisotopic (exact) mass is 224 g/mol. The average molecular weight is 224 g/mol. The Morgan fingerprint density at radius 1 is 1.38 bits per heavy atom. The third-order valence-corrected chi connectivity index (χ3v) is 2.85. The summed E-state index contributed by atoms with van der Waals surface area (Å²) in [5.74, 6) is -0.0287. The molecular formula is C11H16N2O3. The lowest BCUT2D eigenvalue weighted by Crippen LogP contribution is -2.29. The Hall–Kier alpha value is -1.49. The molecule has 0 unspecified atom stereocenters. The van der Waals surface area contributed by atoms with Gasteiger partial charge in [-0.25, -0.2) is 0 Å². The summed E-state index contributed by atoms with van der Waals surface area (Å²) in [6.07, 6.45) is 3.56. The molecule has 1 aliphatic rings. The normalized spacial score (nSPS) is 18.4. The van der Waals surface area contributed by atoms with Crippen LogP contribution in [0.4, 0.5) is 5.88 Å². The molecule has 2 heterocycles. The lowest BCUT2D eigenvalue weighted by molar-refractivity contribution is -0.139. The molecule has 1 atom stereocenters. The van der Waals surface area contributed by atoms with Crippen molar-refractivity contribution >= 4 is 11.9 Å². The van der Waals surface area contributed by atoms with Crippen LogP contribution in [0.15, 0.2) is 16.5 Å². The van der Waals surface area contributed by atoms with Gasteiger partial charge in [-0.1, -0.05) is 0 Å². The first kappa shape index (κ1) is 11.0. The van der Waals surface area contributed by atoms with Crippen LogP contribution in [0.1, 0.15) is 31.1 Å². The Bertz CT molecular complexity index is 369. The predicted octanol–water partition coefficient (Wildman–Crippen LogP) is 1.35. The molecule has 0 saturated carbocycles. The van der Waals surface area contributed by atoms with Crippen LogP contribution >= 0.6 is 0 Å². The molecule has 1 fully saturated rings. The largest absolute Gasteiger partial charge is 0.480 e. The number of carbonyl (C=O) groups is 1. The SMILES string of the molecule is N[C@@H](C(=O)O)c1ccc(N2CCCCC2)o1. The summed E-state index contributed by atoms with van der Waals surface area (Å²) in [5.41, 5.74) is 5.47. The van der Waals surface area contributed by atoms with Gasteiger partial charge in [-0.2, -0.15) is 0 Å². The Morgan fingerprint density at radius 2 is 2.06 bits per heavy atom. The van der Waals surface area contributed by atoms with Crippen LogP contribution in [0.2, 0.25) is 0 Å². The number of hydrogen-bond donors (Lipinski definition) is 2. The molecule has 5 nitrogen and oxygen atoms in total. The maximum absolute atomic E-state index is 10.7. The molecule has 0 aliphatic carbocycles. The minimum absolute atomic E-state index is 0.313. The highest BCUT2D eigenvalue weighted by Gasteiger charge is 2.20. The van der Waals surface area contributed by atoms with Crippen molar-refractivity contribution in [1.29, 1.82) is 0 Å². The highest BCUT2D eigenvalue weighted by atomic mass is 16.4. The summed E-state index contributed by atoms with van der Waals surface area (Å²) >= 11 is 0. The minimum atomic E-state index is -1.07. The molecule has 1 saturated heterocycles. The summed E-state index contributed by atoms with van der Waals surface area (Å²) in [4.78, 5) is 12.8. The second kappa shape index (κ2) is 4.57. The Morgan fingerprint density at radius 3 is 2.69 bits per heavy atom.